The minimum Gasteiger partial charge on any atom is -0.465 e. The molecule has 0 aliphatic heterocycles. The summed E-state index contributed by atoms with van der Waals surface area (Å²) in [4.78, 5) is 74.7. The van der Waals surface area contributed by atoms with Crippen molar-refractivity contribution in [3.05, 3.63) is 23.3 Å². The molecule has 9 nitrogen and oxygen atoms in total. The van der Waals surface area contributed by atoms with Crippen molar-refractivity contribution in [3.63, 3.8) is 0 Å². The zero-order chi connectivity index (χ0) is 76.2. The predicted molar refractivity (Wildman–Crippen MR) is 430 cm³/mol. The minimum absolute atomic E-state index is 0.0222. The zero-order valence-electron chi connectivity index (χ0n) is 71.0. The van der Waals surface area contributed by atoms with Crippen LogP contribution in [0.5, 0.6) is 0 Å². The summed E-state index contributed by atoms with van der Waals surface area (Å²) >= 11 is 0. The van der Waals surface area contributed by atoms with E-state index in [0.717, 1.165) is 128 Å². The summed E-state index contributed by atoms with van der Waals surface area (Å²) in [5, 5.41) is 12.6. The Bertz CT molecular complexity index is 3040. The van der Waals surface area contributed by atoms with Gasteiger partial charge in [-0.2, -0.15) is 0 Å². The van der Waals surface area contributed by atoms with E-state index in [1.165, 1.54) is 178 Å². The maximum Gasteiger partial charge on any atom is 0.312 e. The van der Waals surface area contributed by atoms with Crippen LogP contribution < -0.4 is 0 Å². The summed E-state index contributed by atoms with van der Waals surface area (Å²) in [7, 11) is 0. The Kier molecular flexibility index (Phi) is 27.3. The molecule has 1 N–H and O–H groups in total. The molecular weight excluding hydrogens is 1300 g/mol. The third kappa shape index (κ3) is 16.4. The van der Waals surface area contributed by atoms with Gasteiger partial charge in [-0.05, 0) is 215 Å². The maximum absolute atomic E-state index is 15.6. The van der Waals surface area contributed by atoms with E-state index < -0.39 is 27.4 Å². The topological polar surface area (TPSA) is 133 Å². The van der Waals surface area contributed by atoms with Crippen molar-refractivity contribution in [3.8, 4) is 0 Å². The summed E-state index contributed by atoms with van der Waals surface area (Å²) in [6.45, 7) is 37.9. The van der Waals surface area contributed by atoms with Crippen LogP contribution >= 0.6 is 0 Å². The molecule has 0 spiro atoms. The van der Waals surface area contributed by atoms with Crippen LogP contribution in [0.1, 0.15) is 432 Å². The lowest BCUT2D eigenvalue weighted by Crippen LogP contribution is -2.69. The first-order valence-electron chi connectivity index (χ1n) is 45.4. The standard InChI is InChI=1S/C96H160O9/c1-17-19-21-23-25-27-29-31-33-35-37-39-41-43-45-47-65-103-82(100)88(9)57-55-86(7)59-62-92(13)70(72(86)68-88)66-74(97)80-90(11)52-51-78(84(3,4)76(90)49-53-94(80,92)15)104-83(101)89(10)58-56-87(8)60-63-93(14)71(73(87)69-89)67-75(98)81-91(12)61-64-96(102,85(5,6)77(91)50-54-95(81,93)16)105-79(99)48-46-44-42-40-38-36-34-32-30-28-26-24-22-20-18-2/h66-67,72-73,76-78,80-81,102H,17-65,68-69H2,1-16H3/t72-,73-,76?,77?,78+,80-,81?,86-,87-,88+,89+,90+,91+,92-,93-,94-,95-,96-/m1/s1. The highest BCUT2D eigenvalue weighted by atomic mass is 16.7. The molecule has 0 aromatic heterocycles. The third-order valence-corrected chi connectivity index (χ3v) is 35.0. The number of rotatable bonds is 37. The van der Waals surface area contributed by atoms with Crippen molar-refractivity contribution in [2.24, 2.45) is 100 Å². The summed E-state index contributed by atoms with van der Waals surface area (Å²) in [5.74, 6) is -1.53. The summed E-state index contributed by atoms with van der Waals surface area (Å²) < 4.78 is 19.6. The van der Waals surface area contributed by atoms with Gasteiger partial charge in [-0.15, -0.1) is 0 Å². The highest BCUT2D eigenvalue weighted by Crippen LogP contribution is 2.78. The zero-order valence-corrected chi connectivity index (χ0v) is 71.0. The molecule has 8 saturated carbocycles. The van der Waals surface area contributed by atoms with Crippen LogP contribution in [-0.2, 0) is 38.2 Å². The van der Waals surface area contributed by atoms with Crippen LogP contribution in [0.2, 0.25) is 0 Å². The van der Waals surface area contributed by atoms with Gasteiger partial charge in [0, 0.05) is 35.5 Å². The molecule has 10 rings (SSSR count). The van der Waals surface area contributed by atoms with Crippen molar-refractivity contribution in [1.29, 1.82) is 0 Å². The van der Waals surface area contributed by atoms with E-state index in [9.17, 15) is 14.7 Å². The van der Waals surface area contributed by atoms with Crippen molar-refractivity contribution in [2.75, 3.05) is 6.61 Å². The van der Waals surface area contributed by atoms with E-state index in [1.807, 2.05) is 0 Å². The number of ether oxygens (including phenoxy) is 3. The van der Waals surface area contributed by atoms with Gasteiger partial charge in [0.15, 0.2) is 11.6 Å². The molecule has 18 atom stereocenters. The van der Waals surface area contributed by atoms with Crippen LogP contribution in [0.4, 0.5) is 0 Å². The van der Waals surface area contributed by atoms with E-state index in [-0.39, 0.29) is 114 Å². The number of ketones is 2. The van der Waals surface area contributed by atoms with Crippen molar-refractivity contribution in [1.82, 2.24) is 0 Å². The first-order chi connectivity index (χ1) is 49.6. The van der Waals surface area contributed by atoms with E-state index in [1.54, 1.807) is 0 Å². The van der Waals surface area contributed by atoms with Gasteiger partial charge in [-0.3, -0.25) is 24.0 Å². The van der Waals surface area contributed by atoms with Crippen LogP contribution in [0.25, 0.3) is 0 Å². The molecule has 10 aliphatic rings. The molecule has 8 fully saturated rings. The van der Waals surface area contributed by atoms with Gasteiger partial charge >= 0.3 is 17.9 Å². The molecule has 0 bridgehead atoms. The highest BCUT2D eigenvalue weighted by Gasteiger charge is 2.74. The van der Waals surface area contributed by atoms with Gasteiger partial charge in [0.05, 0.1) is 17.4 Å². The fourth-order valence-corrected chi connectivity index (χ4v) is 27.2. The normalized spacial score (nSPS) is 40.0. The molecule has 0 radical (unpaired) electrons. The van der Waals surface area contributed by atoms with E-state index in [2.05, 4.69) is 123 Å². The number of carbonyl (C=O) groups is 5. The number of allylic oxidation sites excluding steroid dienone is 4. The molecule has 0 saturated heterocycles. The SMILES string of the molecule is CCCCCCCCCCCCCCCCCCOC(=O)[C@@]1(C)CC[C@]2(C)CC[C@]3(C)C(=CC(=O)[C@@H]4[C@@]5(C)CC[C@H](OC(=O)[C@@]6(C)CC[C@]7(C)CC[C@]8(C)C(=CC(=O)C9[C@@]%10(C)CC[C@@](O)(OC(=O)CCCCCCCCCCCCCCCCC)C(C)(C)C%10CC[C@]98C)[C@H]7C6)C(C)(C)C5CC[C@]43C)[C@H]2C1. The lowest BCUT2D eigenvalue weighted by molar-refractivity contribution is -0.315. The third-order valence-electron chi connectivity index (χ3n) is 35.0. The van der Waals surface area contributed by atoms with Crippen LogP contribution in [0, 0.1) is 100 Å². The van der Waals surface area contributed by atoms with Crippen LogP contribution in [0.3, 0.4) is 0 Å². The average molecular weight is 1460 g/mol. The van der Waals surface area contributed by atoms with Gasteiger partial charge in [0.25, 0.3) is 0 Å². The first kappa shape index (κ1) is 84.6. The number of fused-ring (bicyclic) bond motifs is 14. The van der Waals surface area contributed by atoms with Gasteiger partial charge in [0.1, 0.15) is 6.10 Å². The Balaban J connectivity index is 0.727. The van der Waals surface area contributed by atoms with Crippen LogP contribution in [-0.4, -0.2) is 53.1 Å². The fourth-order valence-electron chi connectivity index (χ4n) is 27.2. The molecule has 0 heterocycles. The number of esters is 3. The Labute approximate surface area is 643 Å². The number of hydrogen-bond acceptors (Lipinski definition) is 9. The Hall–Kier alpha value is -2.81. The second kappa shape index (κ2) is 33.9. The monoisotopic (exact) mass is 1460 g/mol. The molecule has 0 amide bonds. The quantitative estimate of drug-likeness (QED) is 0.0279. The molecule has 3 unspecified atom stereocenters. The van der Waals surface area contributed by atoms with Crippen molar-refractivity contribution in [2.45, 2.75) is 444 Å². The smallest absolute Gasteiger partial charge is 0.312 e. The Morgan fingerprint density at radius 2 is 0.781 bits per heavy atom. The largest absolute Gasteiger partial charge is 0.465 e. The van der Waals surface area contributed by atoms with Crippen molar-refractivity contribution >= 4 is 29.5 Å². The second-order valence-electron chi connectivity index (χ2n) is 42.4. The van der Waals surface area contributed by atoms with E-state index in [0.29, 0.717) is 32.3 Å². The number of unbranched alkanes of at least 4 members (excludes halogenated alkanes) is 29. The van der Waals surface area contributed by atoms with E-state index in [4.69, 9.17) is 14.2 Å². The van der Waals surface area contributed by atoms with Gasteiger partial charge < -0.3 is 19.3 Å². The fraction of sp³-hybridized carbons (Fsp3) is 0.906. The van der Waals surface area contributed by atoms with Crippen molar-refractivity contribution < 1.29 is 43.3 Å². The predicted octanol–water partition coefficient (Wildman–Crippen LogP) is 26.2. The molecule has 10 aliphatic carbocycles. The van der Waals surface area contributed by atoms with Crippen LogP contribution in [0.15, 0.2) is 23.3 Å². The second-order valence-corrected chi connectivity index (χ2v) is 42.4. The lowest BCUT2D eigenvalue weighted by Gasteiger charge is -2.71. The number of aliphatic hydroxyl groups is 1. The van der Waals surface area contributed by atoms with E-state index >= 15 is 14.4 Å². The lowest BCUT2D eigenvalue weighted by atomic mass is 9.33. The van der Waals surface area contributed by atoms with Gasteiger partial charge in [-0.1, -0.05) is 294 Å². The first-order valence-corrected chi connectivity index (χ1v) is 45.4. The average Bonchev–Trinajstić information content (AvgIpc) is 0.675. The summed E-state index contributed by atoms with van der Waals surface area (Å²) in [6, 6.07) is 0. The number of hydrogen-bond donors (Lipinski definition) is 1. The Morgan fingerprint density at radius 3 is 1.21 bits per heavy atom. The van der Waals surface area contributed by atoms with Gasteiger partial charge in [-0.25, -0.2) is 0 Å². The molecule has 9 heteroatoms. The number of carbonyl (C=O) groups excluding carboxylic acids is 5. The molecule has 598 valence electrons. The molecule has 0 aromatic rings. The highest BCUT2D eigenvalue weighted by molar-refractivity contribution is 5.96. The van der Waals surface area contributed by atoms with Gasteiger partial charge in [0.2, 0.25) is 5.79 Å². The molecule has 105 heavy (non-hydrogen) atoms. The summed E-state index contributed by atoms with van der Waals surface area (Å²) in [5.41, 5.74) is -1.54. The minimum atomic E-state index is -1.60. The Morgan fingerprint density at radius 1 is 0.410 bits per heavy atom. The molecule has 0 aromatic carbocycles. The maximum atomic E-state index is 15.6. The summed E-state index contributed by atoms with van der Waals surface area (Å²) in [6.07, 6.45) is 59.6. The molecular formula is C96H160O9.